The summed E-state index contributed by atoms with van der Waals surface area (Å²) in [7, 11) is 0. The quantitative estimate of drug-likeness (QED) is 0.0195. The average Bonchev–Trinajstić information content (AvgIpc) is 3.39. The van der Waals surface area contributed by atoms with Crippen LogP contribution in [0, 0.1) is 0 Å². The lowest BCUT2D eigenvalue weighted by Crippen LogP contribution is -2.60. The maximum atomic E-state index is 13.0. The number of hydrogen-bond acceptors (Lipinski definition) is 10. The number of aliphatic hydroxyl groups is 5. The minimum atomic E-state index is -1.57. The van der Waals surface area contributed by atoms with Gasteiger partial charge in [-0.15, -0.1) is 0 Å². The fourth-order valence-electron chi connectivity index (χ4n) is 9.84. The molecule has 0 aromatic carbocycles. The molecule has 7 atom stereocenters. The van der Waals surface area contributed by atoms with Crippen LogP contribution >= 0.6 is 0 Å². The number of esters is 1. The van der Waals surface area contributed by atoms with Gasteiger partial charge in [-0.05, 0) is 57.8 Å². The van der Waals surface area contributed by atoms with Crippen molar-refractivity contribution in [1.82, 2.24) is 5.32 Å². The smallest absolute Gasteiger partial charge is 0.305 e. The zero-order valence-electron chi connectivity index (χ0n) is 47.4. The second-order valence-corrected chi connectivity index (χ2v) is 21.8. The van der Waals surface area contributed by atoms with Crippen LogP contribution < -0.4 is 5.32 Å². The Morgan fingerprint density at radius 3 is 1.32 bits per heavy atom. The molecule has 1 rings (SSSR count). The summed E-state index contributed by atoms with van der Waals surface area (Å²) in [6.45, 7) is 4.32. The van der Waals surface area contributed by atoms with Crippen molar-refractivity contribution in [2.45, 2.75) is 339 Å². The van der Waals surface area contributed by atoms with Crippen molar-refractivity contribution in [2.24, 2.45) is 0 Å². The van der Waals surface area contributed by atoms with E-state index in [1.165, 1.54) is 193 Å². The van der Waals surface area contributed by atoms with Gasteiger partial charge in [0.25, 0.3) is 0 Å². The zero-order chi connectivity index (χ0) is 53.1. The van der Waals surface area contributed by atoms with E-state index in [-0.39, 0.29) is 18.5 Å². The van der Waals surface area contributed by atoms with Crippen molar-refractivity contribution in [3.63, 3.8) is 0 Å². The van der Waals surface area contributed by atoms with Gasteiger partial charge in [-0.1, -0.05) is 250 Å². The maximum Gasteiger partial charge on any atom is 0.305 e. The SMILES string of the molecule is CCCCCCCCC/C=C/C(O)C(COC1OC(CO)C(O)C(O)C1O)NC(=O)CCCCCCCCC/C=C\CCCCCCCCCCCOC(=O)CCCCCCCCCCCCCCCCCC. The van der Waals surface area contributed by atoms with Gasteiger partial charge in [-0.2, -0.15) is 0 Å². The standard InChI is InChI=1S/C62H117NO10/c1-3-5-7-9-11-13-14-15-16-24-27-30-34-38-42-46-50-58(67)71-51-47-43-39-35-31-28-25-22-20-18-17-19-21-23-26-29-33-37-41-45-49-57(66)63-54(55(65)48-44-40-36-32-12-10-8-6-4-2)53-72-62-61(70)60(69)59(68)56(52-64)73-62/h17,19,44,48,54-56,59-62,64-65,68-70H,3-16,18,20-43,45-47,49-53H2,1-2H3,(H,63,66)/b19-17-,48-44+. The fraction of sp³-hybridized carbons (Fsp3) is 0.903. The number of ether oxygens (including phenoxy) is 3. The number of hydrogen-bond donors (Lipinski definition) is 6. The van der Waals surface area contributed by atoms with Crippen LogP contribution in [0.2, 0.25) is 0 Å². The molecular formula is C62H117NO10. The molecule has 1 aliphatic rings. The summed E-state index contributed by atoms with van der Waals surface area (Å²) in [5.74, 6) is -0.196. The van der Waals surface area contributed by atoms with E-state index in [9.17, 15) is 35.1 Å². The normalized spacial score (nSPS) is 19.0. The lowest BCUT2D eigenvalue weighted by molar-refractivity contribution is -0.302. The molecule has 1 amide bonds. The number of rotatable bonds is 54. The number of unbranched alkanes of at least 4 members (excludes halogenated alkanes) is 38. The van der Waals surface area contributed by atoms with Gasteiger partial charge in [0.2, 0.25) is 5.91 Å². The van der Waals surface area contributed by atoms with Crippen molar-refractivity contribution in [1.29, 1.82) is 0 Å². The largest absolute Gasteiger partial charge is 0.466 e. The Labute approximate surface area is 448 Å². The van der Waals surface area contributed by atoms with Gasteiger partial charge in [0.15, 0.2) is 6.29 Å². The van der Waals surface area contributed by atoms with E-state index in [1.54, 1.807) is 6.08 Å². The van der Waals surface area contributed by atoms with Crippen LogP contribution in [0.25, 0.3) is 0 Å². The first-order chi connectivity index (χ1) is 35.7. The van der Waals surface area contributed by atoms with Crippen molar-refractivity contribution in [3.8, 4) is 0 Å². The van der Waals surface area contributed by atoms with E-state index >= 15 is 0 Å². The van der Waals surface area contributed by atoms with E-state index < -0.39 is 49.5 Å². The number of nitrogens with one attached hydrogen (secondary N) is 1. The predicted octanol–water partition coefficient (Wildman–Crippen LogP) is 14.5. The molecule has 7 unspecified atom stereocenters. The number of carbonyl (C=O) groups excluding carboxylic acids is 2. The number of allylic oxidation sites excluding steroid dienone is 3. The number of carbonyl (C=O) groups is 2. The van der Waals surface area contributed by atoms with Crippen LogP contribution in [-0.4, -0.2) is 100 Å². The summed E-state index contributed by atoms with van der Waals surface area (Å²) in [5.41, 5.74) is 0. The number of aliphatic hydroxyl groups excluding tert-OH is 5. The Kier molecular flexibility index (Phi) is 49.5. The van der Waals surface area contributed by atoms with Crippen LogP contribution in [-0.2, 0) is 23.8 Å². The van der Waals surface area contributed by atoms with E-state index in [0.29, 0.717) is 19.4 Å². The molecule has 73 heavy (non-hydrogen) atoms. The summed E-state index contributed by atoms with van der Waals surface area (Å²) < 4.78 is 16.7. The molecule has 0 aromatic heterocycles. The molecule has 1 saturated heterocycles. The Morgan fingerprint density at radius 1 is 0.493 bits per heavy atom. The lowest BCUT2D eigenvalue weighted by Gasteiger charge is -2.40. The molecule has 1 fully saturated rings. The summed E-state index contributed by atoms with van der Waals surface area (Å²) in [6.07, 6.45) is 52.9. The van der Waals surface area contributed by atoms with Gasteiger partial charge in [0.05, 0.1) is 32.0 Å². The highest BCUT2D eigenvalue weighted by molar-refractivity contribution is 5.76. The Bertz CT molecular complexity index is 1260. The highest BCUT2D eigenvalue weighted by Gasteiger charge is 2.44. The molecule has 430 valence electrons. The lowest BCUT2D eigenvalue weighted by atomic mass is 9.99. The van der Waals surface area contributed by atoms with E-state index in [4.69, 9.17) is 14.2 Å². The Hall–Kier alpha value is -1.86. The molecule has 0 saturated carbocycles. The summed E-state index contributed by atoms with van der Waals surface area (Å²) in [6, 6.07) is -0.814. The summed E-state index contributed by atoms with van der Waals surface area (Å²) in [5, 5.41) is 54.2. The molecule has 6 N–H and O–H groups in total. The third-order valence-electron chi connectivity index (χ3n) is 14.8. The van der Waals surface area contributed by atoms with Crippen molar-refractivity contribution >= 4 is 11.9 Å². The molecule has 0 spiro atoms. The molecule has 0 aromatic rings. The highest BCUT2D eigenvalue weighted by atomic mass is 16.7. The molecule has 11 nitrogen and oxygen atoms in total. The average molecular weight is 1040 g/mol. The monoisotopic (exact) mass is 1040 g/mol. The van der Waals surface area contributed by atoms with Gasteiger partial charge in [0.1, 0.15) is 24.4 Å². The van der Waals surface area contributed by atoms with E-state index in [1.807, 2.05) is 6.08 Å². The molecule has 0 bridgehead atoms. The second-order valence-electron chi connectivity index (χ2n) is 21.8. The molecule has 0 radical (unpaired) electrons. The fourth-order valence-corrected chi connectivity index (χ4v) is 9.84. The van der Waals surface area contributed by atoms with Crippen molar-refractivity contribution in [2.75, 3.05) is 19.8 Å². The van der Waals surface area contributed by atoms with E-state index in [0.717, 1.165) is 77.0 Å². The molecule has 11 heteroatoms. The van der Waals surface area contributed by atoms with Crippen LogP contribution in [0.1, 0.15) is 296 Å². The van der Waals surface area contributed by atoms with Crippen LogP contribution in [0.5, 0.6) is 0 Å². The van der Waals surface area contributed by atoms with Gasteiger partial charge in [0, 0.05) is 12.8 Å². The second kappa shape index (κ2) is 52.2. The third-order valence-corrected chi connectivity index (χ3v) is 14.8. The van der Waals surface area contributed by atoms with Gasteiger partial charge in [-0.3, -0.25) is 9.59 Å². The van der Waals surface area contributed by atoms with Crippen molar-refractivity contribution in [3.05, 3.63) is 24.3 Å². The molecular weight excluding hydrogens is 919 g/mol. The topological polar surface area (TPSA) is 175 Å². The summed E-state index contributed by atoms with van der Waals surface area (Å²) in [4.78, 5) is 25.1. The van der Waals surface area contributed by atoms with Gasteiger partial charge >= 0.3 is 5.97 Å². The molecule has 1 heterocycles. The zero-order valence-corrected chi connectivity index (χ0v) is 47.4. The first-order valence-electron chi connectivity index (χ1n) is 31.1. The minimum absolute atomic E-state index is 0.00419. The van der Waals surface area contributed by atoms with Crippen LogP contribution in [0.15, 0.2) is 24.3 Å². The van der Waals surface area contributed by atoms with Crippen LogP contribution in [0.4, 0.5) is 0 Å². The first-order valence-corrected chi connectivity index (χ1v) is 31.1. The summed E-state index contributed by atoms with van der Waals surface area (Å²) >= 11 is 0. The Morgan fingerprint density at radius 2 is 0.877 bits per heavy atom. The van der Waals surface area contributed by atoms with Crippen LogP contribution in [0.3, 0.4) is 0 Å². The predicted molar refractivity (Wildman–Crippen MR) is 301 cm³/mol. The first kappa shape index (κ1) is 69.2. The van der Waals surface area contributed by atoms with E-state index in [2.05, 4.69) is 31.3 Å². The Balaban J connectivity index is 2.00. The molecule has 1 aliphatic heterocycles. The highest BCUT2D eigenvalue weighted by Crippen LogP contribution is 2.23. The van der Waals surface area contributed by atoms with Gasteiger partial charge in [-0.25, -0.2) is 0 Å². The number of amides is 1. The molecule has 0 aliphatic carbocycles. The third kappa shape index (κ3) is 41.9. The minimum Gasteiger partial charge on any atom is -0.466 e. The maximum absolute atomic E-state index is 13.0. The van der Waals surface area contributed by atoms with Crippen molar-refractivity contribution < 1.29 is 49.3 Å². The van der Waals surface area contributed by atoms with Gasteiger partial charge < -0.3 is 45.1 Å².